The maximum Gasteiger partial charge on any atom is 0.236 e. The van der Waals surface area contributed by atoms with Gasteiger partial charge in [-0.1, -0.05) is 72.4 Å². The highest BCUT2D eigenvalue weighted by Gasteiger charge is 2.39. The van der Waals surface area contributed by atoms with E-state index in [0.717, 1.165) is 18.3 Å². The summed E-state index contributed by atoms with van der Waals surface area (Å²) in [7, 11) is -1.40. The molecule has 0 aliphatic carbocycles. The molecule has 2 aliphatic heterocycles. The van der Waals surface area contributed by atoms with Crippen molar-refractivity contribution in [3.63, 3.8) is 0 Å². The molecule has 0 aromatic rings. The van der Waals surface area contributed by atoms with Gasteiger partial charge in [0, 0.05) is 0 Å². The summed E-state index contributed by atoms with van der Waals surface area (Å²) in [5, 5.41) is 0.407. The van der Waals surface area contributed by atoms with Crippen LogP contribution in [-0.2, 0) is 0 Å². The van der Waals surface area contributed by atoms with Gasteiger partial charge in [0.2, 0.25) is 6.71 Å². The van der Waals surface area contributed by atoms with Crippen molar-refractivity contribution in [3.8, 4) is 11.4 Å². The summed E-state index contributed by atoms with van der Waals surface area (Å²) >= 11 is 0. The van der Waals surface area contributed by atoms with Gasteiger partial charge in [-0.2, -0.15) is 5.82 Å². The molecule has 0 nitrogen and oxygen atoms in total. The van der Waals surface area contributed by atoms with E-state index in [1.807, 2.05) is 0 Å². The van der Waals surface area contributed by atoms with Crippen LogP contribution in [0, 0.1) is 11.4 Å². The summed E-state index contributed by atoms with van der Waals surface area (Å²) in [6.07, 6.45) is 8.74. The number of hydrogen-bond acceptors (Lipinski definition) is 0. The minimum Gasteiger partial charge on any atom is -0.162 e. The van der Waals surface area contributed by atoms with Crippen molar-refractivity contribution >= 4 is 14.8 Å². The van der Waals surface area contributed by atoms with E-state index < -0.39 is 8.07 Å². The average molecular weight is 260 g/mol. The molecule has 2 bridgehead atoms. The Bertz CT molecular complexity index is 334. The molecule has 100 valence electrons. The fourth-order valence-corrected chi connectivity index (χ4v) is 4.27. The van der Waals surface area contributed by atoms with E-state index >= 15 is 0 Å². The second-order valence-electron chi connectivity index (χ2n) is 8.05. The monoisotopic (exact) mass is 260 g/mol. The second kappa shape index (κ2) is 5.08. The first-order valence-electron chi connectivity index (χ1n) is 7.84. The summed E-state index contributed by atoms with van der Waals surface area (Å²) in [5.74, 6) is 5.66. The molecule has 0 unspecified atom stereocenters. The van der Waals surface area contributed by atoms with E-state index in [0.29, 0.717) is 5.04 Å². The Labute approximate surface area is 115 Å². The third-order valence-corrected chi connectivity index (χ3v) is 10.3. The molecule has 0 amide bonds. The maximum atomic E-state index is 3.79. The molecule has 2 saturated heterocycles. The van der Waals surface area contributed by atoms with E-state index in [1.165, 1.54) is 38.5 Å². The van der Waals surface area contributed by atoms with Gasteiger partial charge in [0.05, 0.1) is 0 Å². The Morgan fingerprint density at radius 2 is 1.39 bits per heavy atom. The fourth-order valence-electron chi connectivity index (χ4n) is 3.36. The summed E-state index contributed by atoms with van der Waals surface area (Å²) in [6.45, 7) is 12.7. The topological polar surface area (TPSA) is 0 Å². The molecule has 0 atom stereocenters. The molecular weight excluding hydrogens is 231 g/mol. The van der Waals surface area contributed by atoms with Gasteiger partial charge in [-0.15, -0.1) is 5.54 Å². The van der Waals surface area contributed by atoms with Crippen LogP contribution in [0.2, 0.25) is 29.8 Å². The highest BCUT2D eigenvalue weighted by Crippen LogP contribution is 2.46. The number of fused-ring (bicyclic) bond motifs is 2. The van der Waals surface area contributed by atoms with E-state index in [-0.39, 0.29) is 0 Å². The average Bonchev–Trinajstić information content (AvgIpc) is 2.24. The molecule has 0 N–H and O–H groups in total. The van der Waals surface area contributed by atoms with E-state index in [1.54, 1.807) is 0 Å². The molecule has 2 heteroatoms. The first kappa shape index (κ1) is 14.3. The van der Waals surface area contributed by atoms with Crippen LogP contribution < -0.4 is 0 Å². The van der Waals surface area contributed by atoms with Crippen molar-refractivity contribution in [3.05, 3.63) is 0 Å². The highest BCUT2D eigenvalue weighted by atomic mass is 28.3. The second-order valence-corrected chi connectivity index (χ2v) is 13.1. The molecule has 18 heavy (non-hydrogen) atoms. The highest BCUT2D eigenvalue weighted by molar-refractivity contribution is 6.89. The van der Waals surface area contributed by atoms with Crippen molar-refractivity contribution < 1.29 is 0 Å². The minimum atomic E-state index is -1.40. The van der Waals surface area contributed by atoms with Crippen molar-refractivity contribution in [1.29, 1.82) is 0 Å². The zero-order valence-corrected chi connectivity index (χ0v) is 14.0. The predicted octanol–water partition coefficient (Wildman–Crippen LogP) is 5.18. The standard InChI is InChI=1S/C16H29BSi/c1-16(2,3)18(4,5)13-12-17-14-8-6-9-15(17)11-7-10-14/h14-15H,6-11H2,1-5H3. The molecule has 2 rings (SSSR count). The molecule has 2 fully saturated rings. The summed E-state index contributed by atoms with van der Waals surface area (Å²) in [5.41, 5.74) is 3.79. The van der Waals surface area contributed by atoms with Gasteiger partial charge in [-0.05, 0) is 16.7 Å². The van der Waals surface area contributed by atoms with Crippen LogP contribution in [0.5, 0.6) is 0 Å². The van der Waals surface area contributed by atoms with Crippen LogP contribution in [0.15, 0.2) is 0 Å². The number of rotatable bonds is 0. The van der Waals surface area contributed by atoms with Crippen LogP contribution in [-0.4, -0.2) is 14.8 Å². The SMILES string of the molecule is CC(C)(C)[Si](C)(C)C#CB1C2CCCC1CCC2. The maximum absolute atomic E-state index is 3.79. The predicted molar refractivity (Wildman–Crippen MR) is 85.9 cm³/mol. The van der Waals surface area contributed by atoms with Crippen LogP contribution in [0.4, 0.5) is 0 Å². The molecule has 2 aliphatic rings. The van der Waals surface area contributed by atoms with E-state index in [4.69, 9.17) is 0 Å². The van der Waals surface area contributed by atoms with Gasteiger partial charge in [-0.25, -0.2) is 0 Å². The Morgan fingerprint density at radius 3 is 1.78 bits per heavy atom. The smallest absolute Gasteiger partial charge is 0.162 e. The lowest BCUT2D eigenvalue weighted by atomic mass is 9.28. The molecule has 0 aromatic carbocycles. The van der Waals surface area contributed by atoms with Crippen LogP contribution >= 0.6 is 0 Å². The quantitative estimate of drug-likeness (QED) is 0.416. The van der Waals surface area contributed by atoms with Gasteiger partial charge in [-0.3, -0.25) is 0 Å². The van der Waals surface area contributed by atoms with Crippen molar-refractivity contribution in [2.45, 2.75) is 89.1 Å². The lowest BCUT2D eigenvalue weighted by Gasteiger charge is -2.38. The molecule has 0 spiro atoms. The van der Waals surface area contributed by atoms with Gasteiger partial charge >= 0.3 is 0 Å². The summed E-state index contributed by atoms with van der Waals surface area (Å²) in [6, 6.07) is 0. The Balaban J connectivity index is 2.14. The van der Waals surface area contributed by atoms with Gasteiger partial charge in [0.25, 0.3) is 0 Å². The Hall–Kier alpha value is -0.158. The van der Waals surface area contributed by atoms with Crippen LogP contribution in [0.25, 0.3) is 0 Å². The Kier molecular flexibility index (Phi) is 4.02. The molecule has 2 heterocycles. The zero-order valence-electron chi connectivity index (χ0n) is 13.0. The number of hydrogen-bond donors (Lipinski definition) is 0. The lowest BCUT2D eigenvalue weighted by Crippen LogP contribution is -2.38. The summed E-state index contributed by atoms with van der Waals surface area (Å²) in [4.78, 5) is 0. The summed E-state index contributed by atoms with van der Waals surface area (Å²) < 4.78 is 0. The molecular formula is C16H29BSi. The third-order valence-electron chi connectivity index (χ3n) is 5.74. The van der Waals surface area contributed by atoms with Gasteiger partial charge < -0.3 is 0 Å². The van der Waals surface area contributed by atoms with Gasteiger partial charge in [0.1, 0.15) is 8.07 Å². The van der Waals surface area contributed by atoms with Crippen LogP contribution in [0.1, 0.15) is 59.3 Å². The van der Waals surface area contributed by atoms with E-state index in [2.05, 4.69) is 45.2 Å². The minimum absolute atomic E-state index is 0.407. The van der Waals surface area contributed by atoms with Crippen molar-refractivity contribution in [2.75, 3.05) is 0 Å². The first-order chi connectivity index (χ1) is 8.31. The normalized spacial score (nSPS) is 28.6. The molecule has 0 aromatic heterocycles. The molecule has 0 radical (unpaired) electrons. The van der Waals surface area contributed by atoms with E-state index in [9.17, 15) is 0 Å². The lowest BCUT2D eigenvalue weighted by molar-refractivity contribution is 0.448. The van der Waals surface area contributed by atoms with Gasteiger partial charge in [0.15, 0.2) is 0 Å². The Morgan fingerprint density at radius 1 is 0.944 bits per heavy atom. The largest absolute Gasteiger partial charge is 0.236 e. The first-order valence-corrected chi connectivity index (χ1v) is 10.8. The third kappa shape index (κ3) is 2.87. The van der Waals surface area contributed by atoms with Crippen LogP contribution in [0.3, 0.4) is 0 Å². The zero-order chi connectivity index (χ0) is 13.4. The molecule has 0 saturated carbocycles. The van der Waals surface area contributed by atoms with Crippen molar-refractivity contribution in [2.24, 2.45) is 0 Å². The fraction of sp³-hybridized carbons (Fsp3) is 0.875. The van der Waals surface area contributed by atoms with Crippen molar-refractivity contribution in [1.82, 2.24) is 0 Å².